The van der Waals surface area contributed by atoms with Gasteiger partial charge in [0.05, 0.1) is 4.90 Å². The van der Waals surface area contributed by atoms with Gasteiger partial charge in [0, 0.05) is 32.7 Å². The minimum absolute atomic E-state index is 0.164. The van der Waals surface area contributed by atoms with Gasteiger partial charge in [0.1, 0.15) is 5.25 Å². The van der Waals surface area contributed by atoms with E-state index in [1.807, 2.05) is 48.5 Å². The predicted molar refractivity (Wildman–Crippen MR) is 136 cm³/mol. The lowest BCUT2D eigenvalue weighted by molar-refractivity contribution is -0.132. The molecule has 0 aliphatic carbocycles. The minimum atomic E-state index is -3.82. The highest BCUT2D eigenvalue weighted by Gasteiger charge is 2.37. The normalized spacial score (nSPS) is 15.9. The van der Waals surface area contributed by atoms with E-state index < -0.39 is 15.1 Å². The third kappa shape index (κ3) is 6.01. The molecule has 0 N–H and O–H groups in total. The molecule has 6 heteroatoms. The highest BCUT2D eigenvalue weighted by molar-refractivity contribution is 7.92. The van der Waals surface area contributed by atoms with E-state index in [1.54, 1.807) is 35.2 Å². The Morgan fingerprint density at radius 1 is 0.794 bits per heavy atom. The van der Waals surface area contributed by atoms with E-state index in [0.717, 1.165) is 17.7 Å². The van der Waals surface area contributed by atoms with Crippen LogP contribution in [0.2, 0.25) is 0 Å². The van der Waals surface area contributed by atoms with Crippen LogP contribution in [0.15, 0.2) is 102 Å². The fourth-order valence-corrected chi connectivity index (χ4v) is 5.88. The van der Waals surface area contributed by atoms with Gasteiger partial charge in [-0.3, -0.25) is 9.69 Å². The molecule has 34 heavy (non-hydrogen) atoms. The quantitative estimate of drug-likeness (QED) is 0.496. The van der Waals surface area contributed by atoms with Crippen molar-refractivity contribution in [3.8, 4) is 0 Å². The third-order valence-corrected chi connectivity index (χ3v) is 8.19. The molecule has 1 unspecified atom stereocenters. The predicted octanol–water partition coefficient (Wildman–Crippen LogP) is 3.93. The average Bonchev–Trinajstić information content (AvgIpc) is 2.89. The largest absolute Gasteiger partial charge is 0.339 e. The molecule has 1 aliphatic heterocycles. The van der Waals surface area contributed by atoms with Gasteiger partial charge < -0.3 is 4.90 Å². The van der Waals surface area contributed by atoms with Gasteiger partial charge in [-0.25, -0.2) is 8.42 Å². The molecule has 3 aromatic rings. The lowest BCUT2D eigenvalue weighted by Crippen LogP contribution is -2.53. The first-order valence-corrected chi connectivity index (χ1v) is 13.1. The molecular formula is C28H30N2O3S. The van der Waals surface area contributed by atoms with E-state index in [0.29, 0.717) is 26.2 Å². The van der Waals surface area contributed by atoms with Crippen LogP contribution < -0.4 is 0 Å². The summed E-state index contributed by atoms with van der Waals surface area (Å²) in [6.45, 7) is 3.27. The molecule has 1 saturated heterocycles. The average molecular weight is 475 g/mol. The Morgan fingerprint density at radius 3 is 1.97 bits per heavy atom. The van der Waals surface area contributed by atoms with Gasteiger partial charge in [-0.05, 0) is 29.7 Å². The SMILES string of the molecule is O=C(C(Cc1ccccc1)S(=O)(=O)c1ccccc1)N1CCN(C/C=C/c2ccccc2)CC1. The van der Waals surface area contributed by atoms with Crippen molar-refractivity contribution in [2.45, 2.75) is 16.6 Å². The zero-order chi connectivity index (χ0) is 23.8. The molecular weight excluding hydrogens is 444 g/mol. The molecule has 1 atom stereocenters. The third-order valence-electron chi connectivity index (χ3n) is 6.14. The molecule has 0 radical (unpaired) electrons. The standard InChI is InChI=1S/C28H30N2O3S/c31-28(30-21-19-29(20-22-30)18-10-15-24-11-4-1-5-12-24)27(23-25-13-6-2-7-14-25)34(32,33)26-16-8-3-9-17-26/h1-17,27H,18-23H2/b15-10+. The number of hydrogen-bond donors (Lipinski definition) is 0. The summed E-state index contributed by atoms with van der Waals surface area (Å²) in [7, 11) is -3.82. The minimum Gasteiger partial charge on any atom is -0.339 e. The Hall–Kier alpha value is -3.22. The van der Waals surface area contributed by atoms with Crippen molar-refractivity contribution in [1.82, 2.24) is 9.80 Å². The van der Waals surface area contributed by atoms with Crippen LogP contribution in [0, 0.1) is 0 Å². The summed E-state index contributed by atoms with van der Waals surface area (Å²) < 4.78 is 27.0. The number of hydrogen-bond acceptors (Lipinski definition) is 4. The molecule has 0 bridgehead atoms. The Balaban J connectivity index is 1.44. The highest BCUT2D eigenvalue weighted by Crippen LogP contribution is 2.22. The van der Waals surface area contributed by atoms with Crippen molar-refractivity contribution in [1.29, 1.82) is 0 Å². The van der Waals surface area contributed by atoms with Crippen LogP contribution >= 0.6 is 0 Å². The van der Waals surface area contributed by atoms with Gasteiger partial charge in [0.15, 0.2) is 9.84 Å². The summed E-state index contributed by atoms with van der Waals surface area (Å²) in [5.74, 6) is -0.313. The van der Waals surface area contributed by atoms with E-state index in [-0.39, 0.29) is 17.2 Å². The highest BCUT2D eigenvalue weighted by atomic mass is 32.2. The van der Waals surface area contributed by atoms with Crippen molar-refractivity contribution >= 4 is 21.8 Å². The summed E-state index contributed by atoms with van der Waals surface area (Å²) in [5, 5.41) is -1.14. The maximum Gasteiger partial charge on any atom is 0.241 e. The summed E-state index contributed by atoms with van der Waals surface area (Å²) in [5.41, 5.74) is 2.00. The van der Waals surface area contributed by atoms with Crippen molar-refractivity contribution < 1.29 is 13.2 Å². The number of nitrogens with zero attached hydrogens (tertiary/aromatic N) is 2. The van der Waals surface area contributed by atoms with Crippen molar-refractivity contribution in [3.05, 3.63) is 108 Å². The second kappa shape index (κ2) is 11.3. The van der Waals surface area contributed by atoms with Crippen molar-refractivity contribution in [3.63, 3.8) is 0 Å². The zero-order valence-electron chi connectivity index (χ0n) is 19.2. The molecule has 1 amide bonds. The van der Waals surface area contributed by atoms with Gasteiger partial charge in [-0.2, -0.15) is 0 Å². The summed E-state index contributed by atoms with van der Waals surface area (Å²) >= 11 is 0. The molecule has 3 aromatic carbocycles. The lowest BCUT2D eigenvalue weighted by Gasteiger charge is -2.36. The van der Waals surface area contributed by atoms with Crippen LogP contribution in [0.5, 0.6) is 0 Å². The van der Waals surface area contributed by atoms with Crippen molar-refractivity contribution in [2.75, 3.05) is 32.7 Å². The molecule has 1 heterocycles. The van der Waals surface area contributed by atoms with Crippen LogP contribution in [-0.2, 0) is 21.1 Å². The Bertz CT molecular complexity index is 1190. The van der Waals surface area contributed by atoms with E-state index in [2.05, 4.69) is 29.2 Å². The lowest BCUT2D eigenvalue weighted by atomic mass is 10.1. The van der Waals surface area contributed by atoms with E-state index in [1.165, 1.54) is 0 Å². The second-order valence-corrected chi connectivity index (χ2v) is 10.6. The van der Waals surface area contributed by atoms with Gasteiger partial charge in [-0.15, -0.1) is 0 Å². The molecule has 4 rings (SSSR count). The number of rotatable bonds is 8. The molecule has 5 nitrogen and oxygen atoms in total. The van der Waals surface area contributed by atoms with Gasteiger partial charge >= 0.3 is 0 Å². The van der Waals surface area contributed by atoms with E-state index in [9.17, 15) is 13.2 Å². The van der Waals surface area contributed by atoms with Gasteiger partial charge in [0.2, 0.25) is 5.91 Å². The van der Waals surface area contributed by atoms with E-state index in [4.69, 9.17) is 0 Å². The van der Waals surface area contributed by atoms with Crippen LogP contribution in [0.3, 0.4) is 0 Å². The fraction of sp³-hybridized carbons (Fsp3) is 0.250. The topological polar surface area (TPSA) is 57.7 Å². The molecule has 0 spiro atoms. The smallest absolute Gasteiger partial charge is 0.241 e. The Labute approximate surface area is 202 Å². The monoisotopic (exact) mass is 474 g/mol. The maximum absolute atomic E-state index is 13.5. The van der Waals surface area contributed by atoms with Crippen LogP contribution in [-0.4, -0.2) is 62.1 Å². The molecule has 1 fully saturated rings. The summed E-state index contributed by atoms with van der Waals surface area (Å²) in [4.78, 5) is 17.7. The summed E-state index contributed by atoms with van der Waals surface area (Å²) in [6, 6.07) is 27.8. The molecule has 176 valence electrons. The number of piperazine rings is 1. The number of sulfone groups is 1. The molecule has 1 aliphatic rings. The first kappa shape index (κ1) is 23.9. The number of benzene rings is 3. The zero-order valence-corrected chi connectivity index (χ0v) is 20.0. The maximum atomic E-state index is 13.5. The van der Waals surface area contributed by atoms with Gasteiger partial charge in [-0.1, -0.05) is 91.0 Å². The van der Waals surface area contributed by atoms with Gasteiger partial charge in [0.25, 0.3) is 0 Å². The van der Waals surface area contributed by atoms with Crippen LogP contribution in [0.1, 0.15) is 11.1 Å². The number of carbonyl (C=O) groups is 1. The number of amides is 1. The van der Waals surface area contributed by atoms with Crippen LogP contribution in [0.25, 0.3) is 6.08 Å². The fourth-order valence-electron chi connectivity index (χ4n) is 4.19. The Kier molecular flexibility index (Phi) is 7.93. The molecule has 0 aromatic heterocycles. The van der Waals surface area contributed by atoms with Crippen molar-refractivity contribution in [2.24, 2.45) is 0 Å². The Morgan fingerprint density at radius 2 is 1.35 bits per heavy atom. The van der Waals surface area contributed by atoms with E-state index >= 15 is 0 Å². The molecule has 0 saturated carbocycles. The number of carbonyl (C=O) groups excluding carboxylic acids is 1. The first-order valence-electron chi connectivity index (χ1n) is 11.6. The first-order chi connectivity index (χ1) is 16.5. The van der Waals surface area contributed by atoms with Crippen LogP contribution in [0.4, 0.5) is 0 Å². The summed E-state index contributed by atoms with van der Waals surface area (Å²) in [6.07, 6.45) is 4.39. The second-order valence-electron chi connectivity index (χ2n) is 8.48.